The average Bonchev–Trinajstić information content (AvgIpc) is 2.91. The van der Waals surface area contributed by atoms with Gasteiger partial charge in [-0.1, -0.05) is 0 Å². The number of anilines is 1. The molecule has 118 valence electrons. The van der Waals surface area contributed by atoms with Gasteiger partial charge in [-0.25, -0.2) is 0 Å². The Morgan fingerprint density at radius 3 is 2.33 bits per heavy atom. The molecule has 1 aliphatic rings. The molecule has 1 saturated heterocycles. The van der Waals surface area contributed by atoms with Gasteiger partial charge in [0.15, 0.2) is 0 Å². The summed E-state index contributed by atoms with van der Waals surface area (Å²) in [4.78, 5) is 18.8. The van der Waals surface area contributed by atoms with Crippen LogP contribution in [0.3, 0.4) is 0 Å². The summed E-state index contributed by atoms with van der Waals surface area (Å²) in [5.41, 5.74) is 1.16. The van der Waals surface area contributed by atoms with Crippen LogP contribution >= 0.6 is 0 Å². The summed E-state index contributed by atoms with van der Waals surface area (Å²) < 4.78 is 1.82. The highest BCUT2D eigenvalue weighted by atomic mass is 16.2. The summed E-state index contributed by atoms with van der Waals surface area (Å²) in [6.45, 7) is 9.81. The van der Waals surface area contributed by atoms with Crippen molar-refractivity contribution in [1.82, 2.24) is 19.6 Å². The van der Waals surface area contributed by atoms with Crippen molar-refractivity contribution in [2.24, 2.45) is 7.05 Å². The molecule has 6 heteroatoms. The van der Waals surface area contributed by atoms with Gasteiger partial charge in [0.25, 0.3) is 0 Å². The predicted octanol–water partition coefficient (Wildman–Crippen LogP) is 0.797. The summed E-state index contributed by atoms with van der Waals surface area (Å²) >= 11 is 0. The van der Waals surface area contributed by atoms with Crippen molar-refractivity contribution in [3.63, 3.8) is 0 Å². The number of aryl methyl sites for hydroxylation is 1. The highest BCUT2D eigenvalue weighted by Crippen LogP contribution is 2.16. The second-order valence-corrected chi connectivity index (χ2v) is 6.11. The maximum absolute atomic E-state index is 12.4. The van der Waals surface area contributed by atoms with Crippen LogP contribution in [0.15, 0.2) is 12.4 Å². The Balaban J connectivity index is 1.90. The molecule has 1 amide bonds. The van der Waals surface area contributed by atoms with Crippen molar-refractivity contribution in [2.45, 2.75) is 32.9 Å². The summed E-state index contributed by atoms with van der Waals surface area (Å²) in [5.74, 6) is 0.208. The van der Waals surface area contributed by atoms with Crippen LogP contribution in [0.4, 0.5) is 5.69 Å². The Labute approximate surface area is 127 Å². The topological polar surface area (TPSA) is 44.6 Å². The van der Waals surface area contributed by atoms with E-state index in [1.54, 1.807) is 0 Å². The molecule has 1 atom stereocenters. The number of carbonyl (C=O) groups is 1. The van der Waals surface area contributed by atoms with E-state index in [-0.39, 0.29) is 18.0 Å². The molecule has 6 nitrogen and oxygen atoms in total. The minimum atomic E-state index is -0.0477. The molecule has 2 heterocycles. The maximum atomic E-state index is 12.4. The van der Waals surface area contributed by atoms with Gasteiger partial charge in [-0.3, -0.25) is 14.4 Å². The second-order valence-electron chi connectivity index (χ2n) is 6.11. The van der Waals surface area contributed by atoms with Gasteiger partial charge in [-0.05, 0) is 20.8 Å². The molecule has 0 saturated carbocycles. The summed E-state index contributed by atoms with van der Waals surface area (Å²) in [5, 5.41) is 4.22. The zero-order valence-electron chi connectivity index (χ0n) is 13.8. The van der Waals surface area contributed by atoms with Gasteiger partial charge in [0, 0.05) is 52.5 Å². The molecule has 0 spiro atoms. The van der Waals surface area contributed by atoms with Crippen molar-refractivity contribution < 1.29 is 4.79 Å². The summed E-state index contributed by atoms with van der Waals surface area (Å²) in [6.07, 6.45) is 3.94. The number of carbonyl (C=O) groups excluding carboxylic acids is 1. The highest BCUT2D eigenvalue weighted by Gasteiger charge is 2.28. The Kier molecular flexibility index (Phi) is 4.88. The summed E-state index contributed by atoms with van der Waals surface area (Å²) in [7, 11) is 3.82. The fourth-order valence-electron chi connectivity index (χ4n) is 2.64. The number of hydrogen-bond acceptors (Lipinski definition) is 4. The molecular formula is C15H27N5O. The van der Waals surface area contributed by atoms with E-state index in [1.807, 2.05) is 56.8 Å². The van der Waals surface area contributed by atoms with Crippen LogP contribution in [-0.4, -0.2) is 70.8 Å². The molecule has 1 fully saturated rings. The Morgan fingerprint density at radius 1 is 1.24 bits per heavy atom. The van der Waals surface area contributed by atoms with Crippen molar-refractivity contribution in [1.29, 1.82) is 0 Å². The molecule has 0 bridgehead atoms. The van der Waals surface area contributed by atoms with Crippen LogP contribution in [-0.2, 0) is 11.8 Å². The van der Waals surface area contributed by atoms with E-state index in [4.69, 9.17) is 0 Å². The van der Waals surface area contributed by atoms with Crippen molar-refractivity contribution in [3.05, 3.63) is 12.4 Å². The van der Waals surface area contributed by atoms with Crippen LogP contribution in [0, 0.1) is 0 Å². The zero-order chi connectivity index (χ0) is 15.6. The normalized spacial score (nSPS) is 18.1. The molecule has 1 aromatic heterocycles. The van der Waals surface area contributed by atoms with Gasteiger partial charge in [0.2, 0.25) is 5.91 Å². The third kappa shape index (κ3) is 3.56. The van der Waals surface area contributed by atoms with Gasteiger partial charge in [-0.2, -0.15) is 5.10 Å². The minimum absolute atomic E-state index is 0.0477. The van der Waals surface area contributed by atoms with Crippen LogP contribution < -0.4 is 4.90 Å². The van der Waals surface area contributed by atoms with Crippen molar-refractivity contribution in [3.8, 4) is 0 Å². The van der Waals surface area contributed by atoms with E-state index in [0.29, 0.717) is 0 Å². The fourth-order valence-corrected chi connectivity index (χ4v) is 2.64. The first kappa shape index (κ1) is 15.8. The van der Waals surface area contributed by atoms with Crippen molar-refractivity contribution >= 4 is 11.6 Å². The number of rotatable bonds is 4. The molecule has 1 aromatic rings. The van der Waals surface area contributed by atoms with Crippen LogP contribution in [0.1, 0.15) is 20.8 Å². The van der Waals surface area contributed by atoms with Gasteiger partial charge >= 0.3 is 0 Å². The van der Waals surface area contributed by atoms with Gasteiger partial charge in [0.1, 0.15) is 0 Å². The van der Waals surface area contributed by atoms with E-state index in [0.717, 1.165) is 31.9 Å². The van der Waals surface area contributed by atoms with Gasteiger partial charge < -0.3 is 9.80 Å². The number of likely N-dealkylation sites (N-methyl/N-ethyl adjacent to an activating group) is 1. The van der Waals surface area contributed by atoms with Crippen LogP contribution in [0.5, 0.6) is 0 Å². The zero-order valence-corrected chi connectivity index (χ0v) is 13.8. The lowest BCUT2D eigenvalue weighted by atomic mass is 10.2. The molecule has 0 unspecified atom stereocenters. The first-order chi connectivity index (χ1) is 9.90. The number of aromatic nitrogens is 2. The Bertz CT molecular complexity index is 476. The van der Waals surface area contributed by atoms with Gasteiger partial charge in [0.05, 0.1) is 17.9 Å². The maximum Gasteiger partial charge on any atom is 0.239 e. The third-order valence-electron chi connectivity index (χ3n) is 4.40. The standard InChI is InChI=1S/C15H27N5O/c1-12(2)18(5)15(21)13(3)19-6-8-20(9-7-19)14-10-16-17(4)11-14/h10-13H,6-9H2,1-5H3/t13-/m1/s1. The smallest absolute Gasteiger partial charge is 0.239 e. The molecular weight excluding hydrogens is 266 g/mol. The molecule has 1 aliphatic heterocycles. The van der Waals surface area contributed by atoms with E-state index >= 15 is 0 Å². The van der Waals surface area contributed by atoms with Crippen LogP contribution in [0.25, 0.3) is 0 Å². The number of amides is 1. The fraction of sp³-hybridized carbons (Fsp3) is 0.733. The molecule has 0 N–H and O–H groups in total. The monoisotopic (exact) mass is 293 g/mol. The van der Waals surface area contributed by atoms with E-state index < -0.39 is 0 Å². The van der Waals surface area contributed by atoms with E-state index in [1.165, 1.54) is 0 Å². The Morgan fingerprint density at radius 2 is 1.86 bits per heavy atom. The van der Waals surface area contributed by atoms with Gasteiger partial charge in [-0.15, -0.1) is 0 Å². The van der Waals surface area contributed by atoms with E-state index in [2.05, 4.69) is 14.9 Å². The third-order valence-corrected chi connectivity index (χ3v) is 4.40. The molecule has 2 rings (SSSR count). The first-order valence-electron chi connectivity index (χ1n) is 7.64. The van der Waals surface area contributed by atoms with E-state index in [9.17, 15) is 4.79 Å². The largest absolute Gasteiger partial charge is 0.366 e. The number of hydrogen-bond donors (Lipinski definition) is 0. The highest BCUT2D eigenvalue weighted by molar-refractivity contribution is 5.81. The summed E-state index contributed by atoms with van der Waals surface area (Å²) in [6, 6.07) is 0.199. The number of piperazine rings is 1. The average molecular weight is 293 g/mol. The number of nitrogens with zero attached hydrogens (tertiary/aromatic N) is 5. The second kappa shape index (κ2) is 6.47. The molecule has 0 radical (unpaired) electrons. The molecule has 21 heavy (non-hydrogen) atoms. The lowest BCUT2D eigenvalue weighted by Crippen LogP contribution is -2.54. The SMILES string of the molecule is CC(C)N(C)C(=O)[C@@H](C)N1CCN(c2cnn(C)c2)CC1. The minimum Gasteiger partial charge on any atom is -0.366 e. The lowest BCUT2D eigenvalue weighted by molar-refractivity contribution is -0.136. The molecule has 0 aromatic carbocycles. The molecule has 0 aliphatic carbocycles. The predicted molar refractivity (Wildman–Crippen MR) is 84.4 cm³/mol. The van der Waals surface area contributed by atoms with Crippen LogP contribution in [0.2, 0.25) is 0 Å². The lowest BCUT2D eigenvalue weighted by Gasteiger charge is -2.39. The Hall–Kier alpha value is -1.56. The quantitative estimate of drug-likeness (QED) is 0.823. The van der Waals surface area contributed by atoms with Crippen molar-refractivity contribution in [2.75, 3.05) is 38.1 Å². The first-order valence-corrected chi connectivity index (χ1v) is 7.64.